The van der Waals surface area contributed by atoms with Crippen molar-refractivity contribution in [2.75, 3.05) is 5.32 Å². The van der Waals surface area contributed by atoms with Crippen LogP contribution in [-0.2, 0) is 11.0 Å². The zero-order valence-electron chi connectivity index (χ0n) is 9.88. The van der Waals surface area contributed by atoms with E-state index in [0.29, 0.717) is 18.2 Å². The maximum Gasteiger partial charge on any atom is 0.416 e. The third kappa shape index (κ3) is 3.68. The number of amides is 1. The summed E-state index contributed by atoms with van der Waals surface area (Å²) in [5.74, 6) is -2.86. The predicted molar refractivity (Wildman–Crippen MR) is 59.4 cm³/mol. The quantitative estimate of drug-likeness (QED) is 0.859. The number of anilines is 1. The van der Waals surface area contributed by atoms with Crippen LogP contribution in [0.4, 0.5) is 23.2 Å². The minimum absolute atomic E-state index is 0.183. The van der Waals surface area contributed by atoms with E-state index in [1.807, 2.05) is 5.32 Å². The number of nitrogens with one attached hydrogen (secondary N) is 1. The Morgan fingerprint density at radius 3 is 2.58 bits per heavy atom. The molecule has 0 fully saturated rings. The number of carbonyl (C=O) groups is 1. The summed E-state index contributed by atoms with van der Waals surface area (Å²) in [6.45, 7) is 1.57. The third-order valence-corrected chi connectivity index (χ3v) is 2.43. The number of benzene rings is 1. The lowest BCUT2D eigenvalue weighted by Gasteiger charge is -2.12. The fourth-order valence-electron chi connectivity index (χ4n) is 1.35. The van der Waals surface area contributed by atoms with Gasteiger partial charge in [0.2, 0.25) is 5.91 Å². The highest BCUT2D eigenvalue weighted by Gasteiger charge is 2.31. The summed E-state index contributed by atoms with van der Waals surface area (Å²) in [6.07, 6.45) is -4.45. The normalized spacial score (nSPS) is 12.6. The molecule has 1 atom stereocenters. The number of rotatable bonds is 3. The van der Waals surface area contributed by atoms with Crippen molar-refractivity contribution in [1.82, 2.24) is 0 Å². The summed E-state index contributed by atoms with van der Waals surface area (Å²) in [4.78, 5) is 11.5. The van der Waals surface area contributed by atoms with E-state index >= 15 is 0 Å². The van der Waals surface area contributed by atoms with E-state index in [2.05, 4.69) is 0 Å². The second-order valence-electron chi connectivity index (χ2n) is 3.77. The summed E-state index contributed by atoms with van der Waals surface area (Å²) in [6, 6.07) is 3.37. The zero-order chi connectivity index (χ0) is 14.6. The number of halogens is 4. The van der Waals surface area contributed by atoms with Gasteiger partial charge in [0.1, 0.15) is 11.7 Å². The molecule has 0 aliphatic heterocycles. The van der Waals surface area contributed by atoms with Gasteiger partial charge in [0.25, 0.3) is 0 Å². The molecule has 3 nitrogen and oxygen atoms in total. The molecule has 0 radical (unpaired) electrons. The molecule has 1 unspecified atom stereocenters. The molecule has 1 amide bonds. The molecular weight excluding hydrogens is 264 g/mol. The van der Waals surface area contributed by atoms with Gasteiger partial charge in [-0.15, -0.1) is 0 Å². The monoisotopic (exact) mass is 274 g/mol. The van der Waals surface area contributed by atoms with Crippen molar-refractivity contribution in [3.8, 4) is 6.07 Å². The SMILES string of the molecule is CCC(C#N)C(=O)Nc1cc(C(F)(F)F)ccc1F. The fourth-order valence-corrected chi connectivity index (χ4v) is 1.35. The molecule has 102 valence electrons. The van der Waals surface area contributed by atoms with Gasteiger partial charge in [-0.3, -0.25) is 4.79 Å². The number of alkyl halides is 3. The fraction of sp³-hybridized carbons (Fsp3) is 0.333. The van der Waals surface area contributed by atoms with Crippen molar-refractivity contribution >= 4 is 11.6 Å². The van der Waals surface area contributed by atoms with Crippen LogP contribution in [-0.4, -0.2) is 5.91 Å². The second-order valence-corrected chi connectivity index (χ2v) is 3.77. The summed E-state index contributed by atoms with van der Waals surface area (Å²) in [7, 11) is 0. The van der Waals surface area contributed by atoms with Crippen LogP contribution in [0.3, 0.4) is 0 Å². The van der Waals surface area contributed by atoms with Gasteiger partial charge in [-0.25, -0.2) is 4.39 Å². The lowest BCUT2D eigenvalue weighted by Crippen LogP contribution is -2.22. The number of nitriles is 1. The first kappa shape index (κ1) is 15.0. The van der Waals surface area contributed by atoms with Crippen LogP contribution < -0.4 is 5.32 Å². The molecule has 1 aromatic rings. The van der Waals surface area contributed by atoms with E-state index in [9.17, 15) is 22.4 Å². The molecule has 0 bridgehead atoms. The Morgan fingerprint density at radius 1 is 1.47 bits per heavy atom. The minimum atomic E-state index is -4.63. The van der Waals surface area contributed by atoms with Crippen LogP contribution in [0.2, 0.25) is 0 Å². The van der Waals surface area contributed by atoms with E-state index < -0.39 is 35.1 Å². The minimum Gasteiger partial charge on any atom is -0.322 e. The number of hydrogen-bond donors (Lipinski definition) is 1. The first-order valence-corrected chi connectivity index (χ1v) is 5.36. The van der Waals surface area contributed by atoms with Gasteiger partial charge >= 0.3 is 6.18 Å². The molecule has 0 aliphatic rings. The van der Waals surface area contributed by atoms with Gasteiger partial charge in [-0.2, -0.15) is 18.4 Å². The highest BCUT2D eigenvalue weighted by Crippen LogP contribution is 2.31. The molecule has 0 spiro atoms. The Morgan fingerprint density at radius 2 is 2.11 bits per heavy atom. The van der Waals surface area contributed by atoms with Gasteiger partial charge < -0.3 is 5.32 Å². The molecule has 1 N–H and O–H groups in total. The molecule has 0 aliphatic carbocycles. The third-order valence-electron chi connectivity index (χ3n) is 2.43. The van der Waals surface area contributed by atoms with Crippen molar-refractivity contribution in [2.24, 2.45) is 5.92 Å². The molecule has 1 aromatic carbocycles. The topological polar surface area (TPSA) is 52.9 Å². The van der Waals surface area contributed by atoms with Crippen molar-refractivity contribution in [3.05, 3.63) is 29.6 Å². The Hall–Kier alpha value is -2.10. The molecule has 0 saturated carbocycles. The average molecular weight is 274 g/mol. The van der Waals surface area contributed by atoms with Crippen molar-refractivity contribution in [1.29, 1.82) is 5.26 Å². The van der Waals surface area contributed by atoms with E-state index in [1.54, 1.807) is 13.0 Å². The summed E-state index contributed by atoms with van der Waals surface area (Å²) >= 11 is 0. The molecular formula is C12H10F4N2O. The predicted octanol–water partition coefficient (Wildman–Crippen LogP) is 3.33. The number of hydrogen-bond acceptors (Lipinski definition) is 2. The molecule has 19 heavy (non-hydrogen) atoms. The van der Waals surface area contributed by atoms with E-state index in [-0.39, 0.29) is 6.42 Å². The van der Waals surface area contributed by atoms with E-state index in [0.717, 1.165) is 0 Å². The van der Waals surface area contributed by atoms with Crippen LogP contribution in [0.15, 0.2) is 18.2 Å². The van der Waals surface area contributed by atoms with Crippen LogP contribution in [0, 0.1) is 23.1 Å². The van der Waals surface area contributed by atoms with Crippen LogP contribution >= 0.6 is 0 Å². The Labute approximate surface area is 106 Å². The standard InChI is InChI=1S/C12H10F4N2O/c1-2-7(6-17)11(19)18-10-5-8(12(14,15)16)3-4-9(10)13/h3-5,7H,2H2,1H3,(H,18,19). The van der Waals surface area contributed by atoms with Crippen molar-refractivity contribution in [3.63, 3.8) is 0 Å². The molecule has 0 saturated heterocycles. The smallest absolute Gasteiger partial charge is 0.322 e. The summed E-state index contributed by atoms with van der Waals surface area (Å²) in [5, 5.41) is 10.6. The van der Waals surface area contributed by atoms with Gasteiger partial charge in [0, 0.05) is 0 Å². The lowest BCUT2D eigenvalue weighted by molar-refractivity contribution is -0.137. The van der Waals surface area contributed by atoms with E-state index in [4.69, 9.17) is 5.26 Å². The summed E-state index contributed by atoms with van der Waals surface area (Å²) < 4.78 is 50.6. The lowest BCUT2D eigenvalue weighted by atomic mass is 10.1. The first-order chi connectivity index (χ1) is 8.79. The maximum absolute atomic E-state index is 13.3. The molecule has 7 heteroatoms. The molecule has 0 aromatic heterocycles. The molecule has 1 rings (SSSR count). The highest BCUT2D eigenvalue weighted by atomic mass is 19.4. The van der Waals surface area contributed by atoms with Crippen molar-refractivity contribution < 1.29 is 22.4 Å². The summed E-state index contributed by atoms with van der Waals surface area (Å²) in [5.41, 5.74) is -1.66. The van der Waals surface area contributed by atoms with Gasteiger partial charge in [0.05, 0.1) is 17.3 Å². The zero-order valence-corrected chi connectivity index (χ0v) is 9.88. The van der Waals surface area contributed by atoms with Crippen LogP contribution in [0.25, 0.3) is 0 Å². The van der Waals surface area contributed by atoms with Gasteiger partial charge in [-0.05, 0) is 24.6 Å². The van der Waals surface area contributed by atoms with E-state index in [1.165, 1.54) is 0 Å². The van der Waals surface area contributed by atoms with Crippen LogP contribution in [0.5, 0.6) is 0 Å². The first-order valence-electron chi connectivity index (χ1n) is 5.36. The van der Waals surface area contributed by atoms with Gasteiger partial charge in [-0.1, -0.05) is 6.92 Å². The number of carbonyl (C=O) groups excluding carboxylic acids is 1. The largest absolute Gasteiger partial charge is 0.416 e. The van der Waals surface area contributed by atoms with Gasteiger partial charge in [0.15, 0.2) is 0 Å². The van der Waals surface area contributed by atoms with Crippen LogP contribution in [0.1, 0.15) is 18.9 Å². The Bertz CT molecular complexity index is 519. The Balaban J connectivity index is 3.02. The Kier molecular flexibility index (Phi) is 4.48. The highest BCUT2D eigenvalue weighted by molar-refractivity contribution is 5.94. The maximum atomic E-state index is 13.3. The average Bonchev–Trinajstić information content (AvgIpc) is 2.32. The van der Waals surface area contributed by atoms with Crippen molar-refractivity contribution in [2.45, 2.75) is 19.5 Å². The second kappa shape index (κ2) is 5.69. The number of nitrogens with zero attached hydrogens (tertiary/aromatic N) is 1. The molecule has 0 heterocycles.